The zero-order valence-electron chi connectivity index (χ0n) is 16.0. The van der Waals surface area contributed by atoms with Crippen LogP contribution in [-0.2, 0) is 12.7 Å². The summed E-state index contributed by atoms with van der Waals surface area (Å²) in [6.45, 7) is 4.77. The highest BCUT2D eigenvalue weighted by Gasteiger charge is 2.32. The molecule has 0 aliphatic heterocycles. The van der Waals surface area contributed by atoms with Crippen LogP contribution >= 0.6 is 0 Å². The Hall–Kier alpha value is -3.41. The fourth-order valence-electron chi connectivity index (χ4n) is 3.10. The third kappa shape index (κ3) is 4.06. The van der Waals surface area contributed by atoms with Gasteiger partial charge in [0.05, 0.1) is 22.5 Å². The van der Waals surface area contributed by atoms with E-state index in [0.29, 0.717) is 28.1 Å². The summed E-state index contributed by atoms with van der Waals surface area (Å²) in [4.78, 5) is 20.8. The lowest BCUT2D eigenvalue weighted by Gasteiger charge is -2.16. The van der Waals surface area contributed by atoms with Crippen LogP contribution in [-0.4, -0.2) is 14.5 Å². The number of benzene rings is 1. The van der Waals surface area contributed by atoms with Crippen LogP contribution in [0.4, 0.5) is 19.0 Å². The van der Waals surface area contributed by atoms with E-state index in [9.17, 15) is 18.0 Å². The molecule has 2 heterocycles. The normalized spacial score (nSPS) is 12.6. The number of hydrogen-bond donors (Lipinski definition) is 1. The number of hydrogen-bond acceptors (Lipinski definition) is 5. The molecule has 0 radical (unpaired) electrons. The number of nitrogens with one attached hydrogen (secondary N) is 1. The molecule has 1 atom stereocenters. The highest BCUT2D eigenvalue weighted by atomic mass is 19.4. The molecule has 0 aliphatic rings. The molecule has 0 saturated carbocycles. The molecule has 6 nitrogen and oxygen atoms in total. The molecule has 9 heteroatoms. The van der Waals surface area contributed by atoms with Crippen molar-refractivity contribution in [2.24, 2.45) is 0 Å². The predicted molar refractivity (Wildman–Crippen MR) is 102 cm³/mol. The fourth-order valence-corrected chi connectivity index (χ4v) is 3.10. The van der Waals surface area contributed by atoms with E-state index >= 15 is 0 Å². The SMILES string of the molecule is Cc1nc(NCc2cccc(C(F)(F)F)c2C)c2cn(C(C)C#N)c(=O)cc2n1. The highest BCUT2D eigenvalue weighted by Crippen LogP contribution is 2.33. The number of halogens is 3. The van der Waals surface area contributed by atoms with Gasteiger partial charge in [-0.2, -0.15) is 18.4 Å². The maximum Gasteiger partial charge on any atom is 0.416 e. The first-order valence-electron chi connectivity index (χ1n) is 8.81. The number of rotatable bonds is 4. The Bertz CT molecular complexity index is 1180. The van der Waals surface area contributed by atoms with Gasteiger partial charge in [0.1, 0.15) is 17.7 Å². The molecule has 0 amide bonds. The summed E-state index contributed by atoms with van der Waals surface area (Å²) < 4.78 is 40.7. The number of aromatic nitrogens is 3. The number of fused-ring (bicyclic) bond motifs is 1. The number of pyridine rings is 1. The van der Waals surface area contributed by atoms with Crippen molar-refractivity contribution in [3.63, 3.8) is 0 Å². The largest absolute Gasteiger partial charge is 0.416 e. The third-order valence-corrected chi connectivity index (χ3v) is 4.67. The van der Waals surface area contributed by atoms with Crippen LogP contribution in [0.5, 0.6) is 0 Å². The lowest BCUT2D eigenvalue weighted by Crippen LogP contribution is -2.21. The van der Waals surface area contributed by atoms with Crippen molar-refractivity contribution in [2.45, 2.75) is 39.5 Å². The van der Waals surface area contributed by atoms with Crippen LogP contribution in [0.15, 0.2) is 35.3 Å². The van der Waals surface area contributed by atoms with E-state index in [2.05, 4.69) is 15.3 Å². The van der Waals surface area contributed by atoms with Crippen molar-refractivity contribution >= 4 is 16.7 Å². The van der Waals surface area contributed by atoms with Gasteiger partial charge < -0.3 is 5.32 Å². The summed E-state index contributed by atoms with van der Waals surface area (Å²) in [6.07, 6.45) is -2.94. The van der Waals surface area contributed by atoms with Gasteiger partial charge in [-0.25, -0.2) is 9.97 Å². The van der Waals surface area contributed by atoms with Gasteiger partial charge in [-0.15, -0.1) is 0 Å². The molecule has 1 unspecified atom stereocenters. The van der Waals surface area contributed by atoms with E-state index in [-0.39, 0.29) is 17.7 Å². The Morgan fingerprint density at radius 3 is 2.66 bits per heavy atom. The summed E-state index contributed by atoms with van der Waals surface area (Å²) in [5, 5.41) is 12.7. The lowest BCUT2D eigenvalue weighted by molar-refractivity contribution is -0.138. The second kappa shape index (κ2) is 7.54. The first-order chi connectivity index (χ1) is 13.6. The van der Waals surface area contributed by atoms with Crippen molar-refractivity contribution in [2.75, 3.05) is 5.32 Å². The number of alkyl halides is 3. The number of anilines is 1. The van der Waals surface area contributed by atoms with E-state index < -0.39 is 17.8 Å². The van der Waals surface area contributed by atoms with Gasteiger partial charge in [0.15, 0.2) is 0 Å². The monoisotopic (exact) mass is 401 g/mol. The van der Waals surface area contributed by atoms with E-state index in [1.54, 1.807) is 19.9 Å². The summed E-state index contributed by atoms with van der Waals surface area (Å²) >= 11 is 0. The average Bonchev–Trinajstić information content (AvgIpc) is 2.64. The molecule has 0 spiro atoms. The molecule has 29 heavy (non-hydrogen) atoms. The number of aryl methyl sites for hydroxylation is 1. The van der Waals surface area contributed by atoms with Crippen molar-refractivity contribution in [3.8, 4) is 6.07 Å². The Kier molecular flexibility index (Phi) is 5.29. The quantitative estimate of drug-likeness (QED) is 0.711. The van der Waals surface area contributed by atoms with Gasteiger partial charge >= 0.3 is 6.18 Å². The number of nitrogens with zero attached hydrogens (tertiary/aromatic N) is 4. The first-order valence-corrected chi connectivity index (χ1v) is 8.81. The fraction of sp³-hybridized carbons (Fsp3) is 0.300. The van der Waals surface area contributed by atoms with Crippen LogP contribution in [0.25, 0.3) is 10.9 Å². The molecule has 0 fully saturated rings. The van der Waals surface area contributed by atoms with E-state index in [0.717, 1.165) is 6.07 Å². The molecular formula is C20H18F3N5O. The zero-order chi connectivity index (χ0) is 21.3. The smallest absolute Gasteiger partial charge is 0.365 e. The highest BCUT2D eigenvalue weighted by molar-refractivity contribution is 5.88. The molecule has 3 rings (SSSR count). The minimum absolute atomic E-state index is 0.105. The molecule has 2 aromatic heterocycles. The Balaban J connectivity index is 2.03. The molecule has 0 saturated heterocycles. The van der Waals surface area contributed by atoms with Crippen LogP contribution in [0.1, 0.15) is 35.5 Å². The first kappa shape index (κ1) is 20.3. The van der Waals surface area contributed by atoms with E-state index in [4.69, 9.17) is 5.26 Å². The van der Waals surface area contributed by atoms with Gasteiger partial charge in [0, 0.05) is 18.8 Å². The van der Waals surface area contributed by atoms with Crippen molar-refractivity contribution in [1.82, 2.24) is 14.5 Å². The maximum atomic E-state index is 13.1. The molecule has 1 aromatic carbocycles. The molecule has 0 aliphatic carbocycles. The van der Waals surface area contributed by atoms with Gasteiger partial charge in [-0.3, -0.25) is 9.36 Å². The Morgan fingerprint density at radius 2 is 2.00 bits per heavy atom. The van der Waals surface area contributed by atoms with Crippen molar-refractivity contribution in [1.29, 1.82) is 5.26 Å². The van der Waals surface area contributed by atoms with Gasteiger partial charge in [0.2, 0.25) is 0 Å². The van der Waals surface area contributed by atoms with Gasteiger partial charge in [0.25, 0.3) is 5.56 Å². The molecule has 3 aromatic rings. The summed E-state index contributed by atoms with van der Waals surface area (Å²) in [5.41, 5.74) is -0.0470. The zero-order valence-corrected chi connectivity index (χ0v) is 16.0. The van der Waals surface area contributed by atoms with Gasteiger partial charge in [-0.1, -0.05) is 12.1 Å². The summed E-state index contributed by atoms with van der Waals surface area (Å²) in [7, 11) is 0. The second-order valence-corrected chi connectivity index (χ2v) is 6.68. The van der Waals surface area contributed by atoms with Crippen LogP contribution in [0.2, 0.25) is 0 Å². The van der Waals surface area contributed by atoms with E-state index in [1.165, 1.54) is 29.8 Å². The van der Waals surface area contributed by atoms with Crippen LogP contribution < -0.4 is 10.9 Å². The standard InChI is InChI=1S/C20H18F3N5O/c1-11(8-24)28-10-15-17(7-18(28)29)26-13(3)27-19(15)25-9-14-5-4-6-16(12(14)2)20(21,22)23/h4-7,10-11H,9H2,1-3H3,(H,25,26,27). The second-order valence-electron chi connectivity index (χ2n) is 6.68. The van der Waals surface area contributed by atoms with E-state index in [1.807, 2.05) is 6.07 Å². The Morgan fingerprint density at radius 1 is 1.28 bits per heavy atom. The molecule has 0 bridgehead atoms. The third-order valence-electron chi connectivity index (χ3n) is 4.67. The van der Waals surface area contributed by atoms with Crippen molar-refractivity contribution in [3.05, 3.63) is 63.3 Å². The topological polar surface area (TPSA) is 83.6 Å². The minimum atomic E-state index is -4.43. The summed E-state index contributed by atoms with van der Waals surface area (Å²) in [5.74, 6) is 0.787. The van der Waals surface area contributed by atoms with Crippen molar-refractivity contribution < 1.29 is 13.2 Å². The average molecular weight is 401 g/mol. The molecule has 1 N–H and O–H groups in total. The lowest BCUT2D eigenvalue weighted by atomic mass is 10.0. The van der Waals surface area contributed by atoms with Crippen LogP contribution in [0.3, 0.4) is 0 Å². The predicted octanol–water partition coefficient (Wildman–Crippen LogP) is 4.12. The Labute approximate surface area is 164 Å². The molecule has 150 valence electrons. The van der Waals surface area contributed by atoms with Crippen LogP contribution in [0, 0.1) is 25.2 Å². The summed E-state index contributed by atoms with van der Waals surface area (Å²) in [6, 6.07) is 6.65. The molecular weight excluding hydrogens is 383 g/mol. The minimum Gasteiger partial charge on any atom is -0.365 e. The van der Waals surface area contributed by atoms with Gasteiger partial charge in [-0.05, 0) is 38.0 Å². The number of nitriles is 1. The maximum absolute atomic E-state index is 13.1.